The molecule has 0 bridgehead atoms. The third-order valence-corrected chi connectivity index (χ3v) is 1.68. The predicted molar refractivity (Wildman–Crippen MR) is 49.8 cm³/mol. The average molecular weight is 261 g/mol. The van der Waals surface area contributed by atoms with E-state index in [1.807, 2.05) is 0 Å². The van der Waals surface area contributed by atoms with Crippen LogP contribution in [-0.4, -0.2) is 23.0 Å². The van der Waals surface area contributed by atoms with Crippen LogP contribution in [0.15, 0.2) is 24.3 Å². The van der Waals surface area contributed by atoms with Gasteiger partial charge in [0, 0.05) is 6.04 Å². The van der Waals surface area contributed by atoms with Crippen LogP contribution in [0.4, 0.5) is 0 Å². The van der Waals surface area contributed by atoms with Crippen LogP contribution in [0.1, 0.15) is 5.56 Å². The van der Waals surface area contributed by atoms with E-state index in [-0.39, 0.29) is 82.2 Å². The van der Waals surface area contributed by atoms with Crippen molar-refractivity contribution in [3.8, 4) is 5.75 Å². The van der Waals surface area contributed by atoms with Crippen molar-refractivity contribution in [2.45, 2.75) is 12.5 Å². The first-order valence-electron chi connectivity index (χ1n) is 3.82. The van der Waals surface area contributed by atoms with Crippen LogP contribution in [0.25, 0.3) is 0 Å². The van der Waals surface area contributed by atoms with E-state index in [0.717, 1.165) is 5.56 Å². The molecular weight excluding hydrogens is 248 g/mol. The van der Waals surface area contributed by atoms with Gasteiger partial charge in [0.2, 0.25) is 0 Å². The van der Waals surface area contributed by atoms with Crippen molar-refractivity contribution in [3.63, 3.8) is 0 Å². The summed E-state index contributed by atoms with van der Waals surface area (Å²) in [6.45, 7) is 0. The second-order valence-electron chi connectivity index (χ2n) is 2.77. The number of rotatable bonds is 3. The Morgan fingerprint density at radius 1 is 1.18 bits per heavy atom. The molecular formula is C9H13NNa2O5. The maximum atomic E-state index is 10.7. The Morgan fingerprint density at radius 2 is 1.59 bits per heavy atom. The van der Waals surface area contributed by atoms with Gasteiger partial charge in [0.1, 0.15) is 0 Å². The van der Waals surface area contributed by atoms with E-state index < -0.39 is 12.0 Å². The number of hydrogen-bond acceptors (Lipinski definition) is 4. The minimum Gasteiger partial charge on any atom is -0.872 e. The Bertz CT molecular complexity index is 307. The van der Waals surface area contributed by atoms with Gasteiger partial charge in [0.15, 0.2) is 0 Å². The summed E-state index contributed by atoms with van der Waals surface area (Å²) >= 11 is 0. The fourth-order valence-electron chi connectivity index (χ4n) is 0.963. The molecule has 0 spiro atoms. The zero-order valence-electron chi connectivity index (χ0n) is 9.90. The summed E-state index contributed by atoms with van der Waals surface area (Å²) in [5.41, 5.74) is 5.97. The molecule has 1 unspecified atom stereocenters. The molecule has 0 aromatic heterocycles. The Hall–Kier alpha value is 0.370. The number of benzene rings is 1. The molecule has 1 aromatic rings. The fraction of sp³-hybridized carbons (Fsp3) is 0.222. The van der Waals surface area contributed by atoms with Crippen molar-refractivity contribution >= 4 is 5.97 Å². The van der Waals surface area contributed by atoms with Gasteiger partial charge >= 0.3 is 59.1 Å². The number of nitrogens with two attached hydrogens (primary N) is 1. The molecule has 0 amide bonds. The molecule has 0 radical (unpaired) electrons. The van der Waals surface area contributed by atoms with E-state index in [1.54, 1.807) is 12.1 Å². The molecule has 0 saturated heterocycles. The first-order valence-corrected chi connectivity index (χ1v) is 3.82. The van der Waals surface area contributed by atoms with E-state index in [0.29, 0.717) is 0 Å². The molecule has 1 rings (SSSR count). The maximum absolute atomic E-state index is 10.7. The molecule has 1 atom stereocenters. The van der Waals surface area contributed by atoms with Gasteiger partial charge in [-0.05, 0) is 12.0 Å². The van der Waals surface area contributed by atoms with E-state index in [4.69, 9.17) is 5.73 Å². The van der Waals surface area contributed by atoms with Gasteiger partial charge in [0.25, 0.3) is 0 Å². The van der Waals surface area contributed by atoms with Crippen LogP contribution < -0.4 is 75.1 Å². The summed E-state index contributed by atoms with van der Waals surface area (Å²) in [4.78, 5) is 10.3. The monoisotopic (exact) mass is 261 g/mol. The molecule has 6 N–H and O–H groups in total. The van der Waals surface area contributed by atoms with Gasteiger partial charge in [0.05, 0.1) is 5.97 Å². The third-order valence-electron chi connectivity index (χ3n) is 1.68. The number of carboxylic acid groups (broad SMARTS) is 1. The summed E-state index contributed by atoms with van der Waals surface area (Å²) < 4.78 is 0. The molecule has 86 valence electrons. The fourth-order valence-corrected chi connectivity index (χ4v) is 0.963. The SMILES string of the molecule is NC(Cc1ccc([O-])cc1)C(=O)[O-].O.O.[Na+].[Na+]. The molecule has 0 aliphatic rings. The van der Waals surface area contributed by atoms with Crippen LogP contribution in [0.5, 0.6) is 5.75 Å². The predicted octanol–water partition coefficient (Wildman–Crippen LogP) is -9.26. The second kappa shape index (κ2) is 12.8. The van der Waals surface area contributed by atoms with Crippen LogP contribution >= 0.6 is 0 Å². The molecule has 6 nitrogen and oxygen atoms in total. The zero-order valence-corrected chi connectivity index (χ0v) is 13.9. The van der Waals surface area contributed by atoms with Crippen molar-refractivity contribution in [2.75, 3.05) is 0 Å². The summed E-state index contributed by atoms with van der Waals surface area (Å²) in [5, 5.41) is 21.0. The molecule has 0 saturated carbocycles. The largest absolute Gasteiger partial charge is 1.00 e. The number of hydrogen-bond donors (Lipinski definition) is 1. The molecule has 17 heavy (non-hydrogen) atoms. The standard InChI is InChI=1S/C9H11NO3.2Na.2H2O/c10-8(9(12)13)5-6-1-3-7(11)4-2-6;;;;/h1-4,8,11H,5,10H2,(H,12,13);;;2*1H2/q;2*+1;;/p-2. The van der Waals surface area contributed by atoms with Crippen molar-refractivity contribution < 1.29 is 85.1 Å². The molecule has 0 aliphatic carbocycles. The van der Waals surface area contributed by atoms with Crippen LogP contribution in [0, 0.1) is 0 Å². The maximum Gasteiger partial charge on any atom is 1.00 e. The van der Waals surface area contributed by atoms with Crippen LogP contribution in [0.3, 0.4) is 0 Å². The van der Waals surface area contributed by atoms with Gasteiger partial charge in [-0.25, -0.2) is 0 Å². The number of carbonyl (C=O) groups is 1. The van der Waals surface area contributed by atoms with Crippen molar-refractivity contribution in [3.05, 3.63) is 29.8 Å². The number of carboxylic acids is 1. The summed E-state index contributed by atoms with van der Waals surface area (Å²) in [5.74, 6) is -1.39. The number of carbonyl (C=O) groups excluding carboxylic acids is 1. The quantitative estimate of drug-likeness (QED) is 0.537. The Labute approximate surface area is 143 Å². The minimum absolute atomic E-state index is 0. The number of aliphatic carboxylic acids is 1. The third kappa shape index (κ3) is 10.0. The van der Waals surface area contributed by atoms with Crippen molar-refractivity contribution in [2.24, 2.45) is 5.73 Å². The molecule has 0 aliphatic heterocycles. The first-order chi connectivity index (χ1) is 6.09. The van der Waals surface area contributed by atoms with E-state index in [9.17, 15) is 15.0 Å². The molecule has 0 heterocycles. The average Bonchev–Trinajstić information content (AvgIpc) is 2.08. The zero-order chi connectivity index (χ0) is 9.84. The van der Waals surface area contributed by atoms with Crippen molar-refractivity contribution in [1.29, 1.82) is 0 Å². The van der Waals surface area contributed by atoms with Gasteiger partial charge < -0.3 is 31.7 Å². The topological polar surface area (TPSA) is 152 Å². The van der Waals surface area contributed by atoms with E-state index >= 15 is 0 Å². The normalized spacial score (nSPS) is 9.47. The smallest absolute Gasteiger partial charge is 0.872 e. The minimum atomic E-state index is -1.29. The van der Waals surface area contributed by atoms with Crippen LogP contribution in [-0.2, 0) is 11.2 Å². The Kier molecular flexibility index (Phi) is 19.6. The summed E-state index contributed by atoms with van der Waals surface area (Å²) in [6.07, 6.45) is 0.183. The van der Waals surface area contributed by atoms with E-state index in [2.05, 4.69) is 0 Å². The molecule has 1 aromatic carbocycles. The van der Waals surface area contributed by atoms with Gasteiger partial charge in [-0.2, -0.15) is 0 Å². The van der Waals surface area contributed by atoms with Gasteiger partial charge in [-0.3, -0.25) is 0 Å². The summed E-state index contributed by atoms with van der Waals surface area (Å²) in [6, 6.07) is 4.85. The summed E-state index contributed by atoms with van der Waals surface area (Å²) in [7, 11) is 0. The van der Waals surface area contributed by atoms with Crippen LogP contribution in [0.2, 0.25) is 0 Å². The Balaban J connectivity index is -0.000000211. The second-order valence-corrected chi connectivity index (χ2v) is 2.77. The van der Waals surface area contributed by atoms with E-state index in [1.165, 1.54) is 12.1 Å². The van der Waals surface area contributed by atoms with Gasteiger partial charge in [-0.15, -0.1) is 5.75 Å². The first kappa shape index (κ1) is 26.0. The molecule has 8 heteroatoms. The molecule has 0 fully saturated rings. The Morgan fingerprint density at radius 3 is 1.94 bits per heavy atom. The van der Waals surface area contributed by atoms with Gasteiger partial charge in [-0.1, -0.05) is 24.3 Å². The van der Waals surface area contributed by atoms with Crippen molar-refractivity contribution in [1.82, 2.24) is 0 Å².